The van der Waals surface area contributed by atoms with Gasteiger partial charge in [0.05, 0.1) is 5.92 Å². The number of fused-ring (bicyclic) bond motifs is 1. The lowest BCUT2D eigenvalue weighted by Gasteiger charge is -2.36. The summed E-state index contributed by atoms with van der Waals surface area (Å²) in [5.74, 6) is -0.735. The lowest BCUT2D eigenvalue weighted by molar-refractivity contribution is -0.123. The van der Waals surface area contributed by atoms with Crippen LogP contribution in [-0.4, -0.2) is 34.3 Å². The number of carbonyl (C=O) groups excluding carboxylic acids is 2. The van der Waals surface area contributed by atoms with Gasteiger partial charge in [-0.25, -0.2) is 0 Å². The smallest absolute Gasteiger partial charge is 0.273 e. The molecular formula is C17H19N3O2. The topological polar surface area (TPSA) is 76.3 Å². The Kier molecular flexibility index (Phi) is 3.79. The second kappa shape index (κ2) is 5.75. The van der Waals surface area contributed by atoms with Gasteiger partial charge in [-0.3, -0.25) is 14.6 Å². The molecule has 3 rings (SSSR count). The van der Waals surface area contributed by atoms with Crippen molar-refractivity contribution in [3.63, 3.8) is 0 Å². The number of benzene rings is 1. The SMILES string of the molecule is C[C@H]1CC[C@H](C(N)=O)CN1C(=O)c1nccc2ccccc12. The first-order chi connectivity index (χ1) is 10.6. The first-order valence-corrected chi connectivity index (χ1v) is 7.52. The van der Waals surface area contributed by atoms with Crippen LogP contribution in [0.4, 0.5) is 0 Å². The summed E-state index contributed by atoms with van der Waals surface area (Å²) in [4.78, 5) is 30.4. The van der Waals surface area contributed by atoms with Crippen LogP contribution in [0.1, 0.15) is 30.3 Å². The summed E-state index contributed by atoms with van der Waals surface area (Å²) in [5, 5.41) is 1.82. The first kappa shape index (κ1) is 14.5. The zero-order chi connectivity index (χ0) is 15.7. The Morgan fingerprint density at radius 2 is 2.00 bits per heavy atom. The molecule has 2 heterocycles. The molecule has 2 atom stereocenters. The largest absolute Gasteiger partial charge is 0.369 e. The summed E-state index contributed by atoms with van der Waals surface area (Å²) in [6, 6.07) is 9.66. The van der Waals surface area contributed by atoms with Crippen LogP contribution in [0.5, 0.6) is 0 Å². The summed E-state index contributed by atoms with van der Waals surface area (Å²) in [7, 11) is 0. The maximum absolute atomic E-state index is 12.9. The quantitative estimate of drug-likeness (QED) is 0.920. The standard InChI is InChI=1S/C17H19N3O2/c1-11-6-7-13(16(18)21)10-20(11)17(22)15-14-5-3-2-4-12(14)8-9-19-15/h2-5,8-9,11,13H,6-7,10H2,1H3,(H2,18,21)/t11-,13-/m0/s1. The van der Waals surface area contributed by atoms with Crippen LogP contribution in [-0.2, 0) is 4.79 Å². The van der Waals surface area contributed by atoms with Crippen LogP contribution >= 0.6 is 0 Å². The van der Waals surface area contributed by atoms with Crippen molar-refractivity contribution in [1.82, 2.24) is 9.88 Å². The molecule has 1 fully saturated rings. The van der Waals surface area contributed by atoms with Crippen LogP contribution in [0, 0.1) is 5.92 Å². The highest BCUT2D eigenvalue weighted by Crippen LogP contribution is 2.25. The van der Waals surface area contributed by atoms with E-state index >= 15 is 0 Å². The predicted octanol–water partition coefficient (Wildman–Crippen LogP) is 1.96. The molecule has 5 nitrogen and oxygen atoms in total. The fourth-order valence-electron chi connectivity index (χ4n) is 3.05. The van der Waals surface area contributed by atoms with E-state index in [1.54, 1.807) is 11.1 Å². The Balaban J connectivity index is 1.96. The molecule has 1 aliphatic heterocycles. The van der Waals surface area contributed by atoms with Gasteiger partial charge in [0.25, 0.3) is 5.91 Å². The molecule has 1 aliphatic rings. The minimum absolute atomic E-state index is 0.0869. The van der Waals surface area contributed by atoms with Crippen LogP contribution in [0.2, 0.25) is 0 Å². The van der Waals surface area contributed by atoms with E-state index in [2.05, 4.69) is 4.98 Å². The van der Waals surface area contributed by atoms with E-state index in [1.807, 2.05) is 37.3 Å². The third kappa shape index (κ3) is 2.54. The third-order valence-corrected chi connectivity index (χ3v) is 4.42. The number of hydrogen-bond donors (Lipinski definition) is 1. The molecule has 0 spiro atoms. The Labute approximate surface area is 129 Å². The van der Waals surface area contributed by atoms with Gasteiger partial charge in [0.2, 0.25) is 5.91 Å². The van der Waals surface area contributed by atoms with E-state index in [1.165, 1.54) is 0 Å². The van der Waals surface area contributed by atoms with Gasteiger partial charge in [0.1, 0.15) is 5.69 Å². The Morgan fingerprint density at radius 3 is 2.77 bits per heavy atom. The summed E-state index contributed by atoms with van der Waals surface area (Å²) >= 11 is 0. The molecule has 0 unspecified atom stereocenters. The highest BCUT2D eigenvalue weighted by molar-refractivity contribution is 6.05. The lowest BCUT2D eigenvalue weighted by Crippen LogP contribution is -2.48. The number of rotatable bonds is 2. The lowest BCUT2D eigenvalue weighted by atomic mass is 9.92. The van der Waals surface area contributed by atoms with E-state index in [0.29, 0.717) is 12.2 Å². The van der Waals surface area contributed by atoms with E-state index in [4.69, 9.17) is 5.73 Å². The van der Waals surface area contributed by atoms with Crippen molar-refractivity contribution in [2.45, 2.75) is 25.8 Å². The number of pyridine rings is 1. The minimum atomic E-state index is -0.337. The Hall–Kier alpha value is -2.43. The van der Waals surface area contributed by atoms with E-state index in [-0.39, 0.29) is 23.8 Å². The molecule has 0 saturated carbocycles. The zero-order valence-electron chi connectivity index (χ0n) is 12.5. The normalized spacial score (nSPS) is 21.8. The summed E-state index contributed by atoms with van der Waals surface area (Å²) in [6.45, 7) is 2.38. The number of carbonyl (C=O) groups is 2. The molecule has 0 bridgehead atoms. The van der Waals surface area contributed by atoms with Gasteiger partial charge in [-0.05, 0) is 31.2 Å². The van der Waals surface area contributed by atoms with Crippen molar-refractivity contribution >= 4 is 22.6 Å². The zero-order valence-corrected chi connectivity index (χ0v) is 12.5. The van der Waals surface area contributed by atoms with E-state index < -0.39 is 0 Å². The van der Waals surface area contributed by atoms with Crippen LogP contribution < -0.4 is 5.73 Å². The molecule has 5 heteroatoms. The molecule has 22 heavy (non-hydrogen) atoms. The molecular weight excluding hydrogens is 278 g/mol. The Morgan fingerprint density at radius 1 is 1.23 bits per heavy atom. The molecule has 1 aromatic heterocycles. The number of aromatic nitrogens is 1. The highest BCUT2D eigenvalue weighted by Gasteiger charge is 2.33. The predicted molar refractivity (Wildman–Crippen MR) is 84.2 cm³/mol. The number of piperidine rings is 1. The van der Waals surface area contributed by atoms with Gasteiger partial charge >= 0.3 is 0 Å². The molecule has 2 N–H and O–H groups in total. The van der Waals surface area contributed by atoms with Gasteiger partial charge in [0, 0.05) is 24.2 Å². The molecule has 114 valence electrons. The van der Waals surface area contributed by atoms with Crippen LogP contribution in [0.3, 0.4) is 0 Å². The number of nitrogens with two attached hydrogens (primary N) is 1. The minimum Gasteiger partial charge on any atom is -0.369 e. The van der Waals surface area contributed by atoms with Crippen molar-refractivity contribution < 1.29 is 9.59 Å². The summed E-state index contributed by atoms with van der Waals surface area (Å²) in [6.07, 6.45) is 3.17. The van der Waals surface area contributed by atoms with Gasteiger partial charge in [-0.15, -0.1) is 0 Å². The van der Waals surface area contributed by atoms with Crippen molar-refractivity contribution in [3.8, 4) is 0 Å². The number of nitrogens with zero attached hydrogens (tertiary/aromatic N) is 2. The average Bonchev–Trinajstić information content (AvgIpc) is 2.54. The van der Waals surface area contributed by atoms with Crippen molar-refractivity contribution in [1.29, 1.82) is 0 Å². The van der Waals surface area contributed by atoms with Crippen molar-refractivity contribution in [3.05, 3.63) is 42.2 Å². The van der Waals surface area contributed by atoms with Gasteiger partial charge < -0.3 is 10.6 Å². The van der Waals surface area contributed by atoms with Crippen LogP contribution in [0.15, 0.2) is 36.5 Å². The summed E-state index contributed by atoms with van der Waals surface area (Å²) < 4.78 is 0. The second-order valence-electron chi connectivity index (χ2n) is 5.86. The molecule has 0 aliphatic carbocycles. The van der Waals surface area contributed by atoms with Crippen molar-refractivity contribution in [2.75, 3.05) is 6.54 Å². The molecule has 1 aromatic carbocycles. The molecule has 2 amide bonds. The van der Waals surface area contributed by atoms with Gasteiger partial charge in [-0.2, -0.15) is 0 Å². The summed E-state index contributed by atoms with van der Waals surface area (Å²) in [5.41, 5.74) is 5.85. The maximum Gasteiger partial charge on any atom is 0.273 e. The van der Waals surface area contributed by atoms with Gasteiger partial charge in [-0.1, -0.05) is 24.3 Å². The number of likely N-dealkylation sites (tertiary alicyclic amines) is 1. The maximum atomic E-state index is 12.9. The molecule has 0 radical (unpaired) electrons. The van der Waals surface area contributed by atoms with Crippen LogP contribution in [0.25, 0.3) is 10.8 Å². The van der Waals surface area contributed by atoms with Crippen molar-refractivity contribution in [2.24, 2.45) is 11.7 Å². The third-order valence-electron chi connectivity index (χ3n) is 4.42. The second-order valence-corrected chi connectivity index (χ2v) is 5.86. The highest BCUT2D eigenvalue weighted by atomic mass is 16.2. The molecule has 2 aromatic rings. The first-order valence-electron chi connectivity index (χ1n) is 7.52. The number of hydrogen-bond acceptors (Lipinski definition) is 3. The number of primary amides is 1. The van der Waals surface area contributed by atoms with E-state index in [0.717, 1.165) is 23.6 Å². The molecule has 1 saturated heterocycles. The monoisotopic (exact) mass is 297 g/mol. The number of amides is 2. The fourth-order valence-corrected chi connectivity index (χ4v) is 3.05. The Bertz CT molecular complexity index is 723. The van der Waals surface area contributed by atoms with Gasteiger partial charge in [0.15, 0.2) is 0 Å². The van der Waals surface area contributed by atoms with E-state index in [9.17, 15) is 9.59 Å². The average molecular weight is 297 g/mol. The fraction of sp³-hybridized carbons (Fsp3) is 0.353.